The van der Waals surface area contributed by atoms with E-state index in [9.17, 15) is 9.36 Å². The summed E-state index contributed by atoms with van der Waals surface area (Å²) in [7, 11) is -4.21. The smallest absolute Gasteiger partial charge is 0.350 e. The number of hydrogen-bond acceptors (Lipinski definition) is 7. The lowest BCUT2D eigenvalue weighted by Crippen LogP contribution is -2.28. The Kier molecular flexibility index (Phi) is 6.96. The highest BCUT2D eigenvalue weighted by molar-refractivity contribution is 7.51. The van der Waals surface area contributed by atoms with Crippen molar-refractivity contribution >= 4 is 13.4 Å². The molecule has 0 radical (unpaired) electrons. The zero-order valence-electron chi connectivity index (χ0n) is 11.1. The van der Waals surface area contributed by atoms with Crippen molar-refractivity contribution in [2.45, 2.75) is 12.6 Å². The van der Waals surface area contributed by atoms with Crippen LogP contribution in [0.4, 0.5) is 5.82 Å². The molecule has 1 unspecified atom stereocenters. The summed E-state index contributed by atoms with van der Waals surface area (Å²) in [6, 6.07) is 1.49. The Hall–Kier alpha value is -1.29. The summed E-state index contributed by atoms with van der Waals surface area (Å²) in [5.74, 6) is 0.250. The molecule has 10 nitrogen and oxygen atoms in total. The average molecular weight is 323 g/mol. The van der Waals surface area contributed by atoms with E-state index < -0.39 is 32.3 Å². The van der Waals surface area contributed by atoms with Crippen molar-refractivity contribution in [1.29, 1.82) is 0 Å². The molecule has 0 bridgehead atoms. The first kappa shape index (κ1) is 17.8. The van der Waals surface area contributed by atoms with Crippen molar-refractivity contribution in [3.05, 3.63) is 22.7 Å². The molecule has 0 fully saturated rings. The first-order chi connectivity index (χ1) is 9.81. The normalized spacial score (nSPS) is 13.1. The van der Waals surface area contributed by atoms with E-state index in [1.807, 2.05) is 0 Å². The van der Waals surface area contributed by atoms with Crippen LogP contribution in [-0.4, -0.2) is 61.8 Å². The van der Waals surface area contributed by atoms with Crippen molar-refractivity contribution in [2.24, 2.45) is 0 Å². The van der Waals surface area contributed by atoms with Gasteiger partial charge in [-0.2, -0.15) is 4.98 Å². The summed E-state index contributed by atoms with van der Waals surface area (Å²) in [5.41, 5.74) is -0.571. The van der Waals surface area contributed by atoms with Crippen LogP contribution in [0.2, 0.25) is 0 Å². The second-order valence-corrected chi connectivity index (χ2v) is 5.80. The fraction of sp³-hybridized carbons (Fsp3) is 0.600. The molecule has 120 valence electrons. The van der Waals surface area contributed by atoms with E-state index in [2.05, 4.69) is 10.3 Å². The third-order valence-electron chi connectivity index (χ3n) is 2.34. The highest BCUT2D eigenvalue weighted by Crippen LogP contribution is 2.33. The van der Waals surface area contributed by atoms with E-state index in [0.29, 0.717) is 0 Å². The molecule has 0 spiro atoms. The van der Waals surface area contributed by atoms with E-state index in [1.54, 1.807) is 0 Å². The summed E-state index contributed by atoms with van der Waals surface area (Å²) in [4.78, 5) is 32.5. The molecule has 0 aliphatic carbocycles. The number of anilines is 1. The minimum Gasteiger partial charge on any atom is -0.394 e. The zero-order chi connectivity index (χ0) is 15.9. The Morgan fingerprint density at radius 2 is 2.19 bits per heavy atom. The SMILES string of the molecule is O=c1nc(NCC(O)CO)ccn1CCOCP(=O)(O)O. The number of nitrogens with zero attached hydrogens (tertiary/aromatic N) is 2. The van der Waals surface area contributed by atoms with Gasteiger partial charge in [-0.25, -0.2) is 4.79 Å². The predicted octanol–water partition coefficient (Wildman–Crippen LogP) is -1.84. The van der Waals surface area contributed by atoms with Crippen molar-refractivity contribution < 1.29 is 29.3 Å². The predicted molar refractivity (Wildman–Crippen MR) is 72.9 cm³/mol. The van der Waals surface area contributed by atoms with Gasteiger partial charge in [0.1, 0.15) is 12.2 Å². The number of rotatable bonds is 9. The molecule has 1 atom stereocenters. The van der Waals surface area contributed by atoms with Crippen molar-refractivity contribution in [3.63, 3.8) is 0 Å². The van der Waals surface area contributed by atoms with Gasteiger partial charge in [0.15, 0.2) is 0 Å². The van der Waals surface area contributed by atoms with E-state index in [4.69, 9.17) is 24.7 Å². The summed E-state index contributed by atoms with van der Waals surface area (Å²) < 4.78 is 16.5. The van der Waals surface area contributed by atoms with Gasteiger partial charge >= 0.3 is 13.3 Å². The number of aromatic nitrogens is 2. The van der Waals surface area contributed by atoms with E-state index in [1.165, 1.54) is 16.8 Å². The van der Waals surface area contributed by atoms with Crippen LogP contribution in [0.5, 0.6) is 0 Å². The van der Waals surface area contributed by atoms with Gasteiger partial charge in [-0.15, -0.1) is 0 Å². The minimum atomic E-state index is -4.21. The first-order valence-corrected chi connectivity index (χ1v) is 7.84. The third kappa shape index (κ3) is 7.32. The number of aliphatic hydroxyl groups is 2. The summed E-state index contributed by atoms with van der Waals surface area (Å²) >= 11 is 0. The molecule has 0 amide bonds. The highest BCUT2D eigenvalue weighted by Gasteiger charge is 2.12. The minimum absolute atomic E-state index is 0.0390. The third-order valence-corrected chi connectivity index (χ3v) is 2.86. The Balaban J connectivity index is 2.47. The molecule has 1 rings (SSSR count). The van der Waals surface area contributed by atoms with Crippen molar-refractivity contribution in [2.75, 3.05) is 31.4 Å². The number of aliphatic hydroxyl groups excluding tert-OH is 2. The standard InChI is InChI=1S/C10H18N3O7P/c14-6-8(15)5-11-9-1-2-13(10(16)12-9)3-4-20-7-21(17,18)19/h1-2,8,14-15H,3-7H2,(H,11,12,16)(H2,17,18,19). The van der Waals surface area contributed by atoms with Gasteiger partial charge in [0.2, 0.25) is 0 Å². The second kappa shape index (κ2) is 8.23. The van der Waals surface area contributed by atoms with Gasteiger partial charge in [-0.3, -0.25) is 9.13 Å². The van der Waals surface area contributed by atoms with Gasteiger partial charge in [0.05, 0.1) is 25.9 Å². The summed E-state index contributed by atoms with van der Waals surface area (Å²) in [6.45, 7) is -0.284. The van der Waals surface area contributed by atoms with E-state index >= 15 is 0 Å². The summed E-state index contributed by atoms with van der Waals surface area (Å²) in [5, 5.41) is 20.5. The lowest BCUT2D eigenvalue weighted by molar-refractivity contribution is 0.105. The quantitative estimate of drug-likeness (QED) is 0.260. The van der Waals surface area contributed by atoms with Gasteiger partial charge < -0.3 is 30.1 Å². The lowest BCUT2D eigenvalue weighted by atomic mass is 10.4. The molecule has 0 saturated carbocycles. The topological polar surface area (TPSA) is 154 Å². The molecule has 1 aromatic rings. The van der Waals surface area contributed by atoms with E-state index in [-0.39, 0.29) is 25.5 Å². The molecule has 0 aliphatic rings. The summed E-state index contributed by atoms with van der Waals surface area (Å²) in [6.07, 6.45) is -0.215. The number of ether oxygens (including phenoxy) is 1. The Morgan fingerprint density at radius 1 is 1.48 bits per heavy atom. The second-order valence-electron chi connectivity index (χ2n) is 4.21. The number of hydrogen-bond donors (Lipinski definition) is 5. The van der Waals surface area contributed by atoms with Gasteiger partial charge in [0, 0.05) is 12.7 Å². The zero-order valence-corrected chi connectivity index (χ0v) is 12.0. The maximum Gasteiger partial charge on any atom is 0.350 e. The molecule has 0 aliphatic heterocycles. The van der Waals surface area contributed by atoms with Gasteiger partial charge in [-0.1, -0.05) is 0 Å². The lowest BCUT2D eigenvalue weighted by Gasteiger charge is -2.10. The van der Waals surface area contributed by atoms with Crippen LogP contribution in [0.1, 0.15) is 0 Å². The van der Waals surface area contributed by atoms with Crippen LogP contribution in [-0.2, 0) is 15.8 Å². The molecule has 5 N–H and O–H groups in total. The Morgan fingerprint density at radius 3 is 2.76 bits per heavy atom. The molecule has 1 aromatic heterocycles. The molecular weight excluding hydrogens is 305 g/mol. The molecule has 0 aromatic carbocycles. The average Bonchev–Trinajstić information content (AvgIpc) is 2.41. The monoisotopic (exact) mass is 323 g/mol. The van der Waals surface area contributed by atoms with Crippen LogP contribution in [0.15, 0.2) is 17.1 Å². The fourth-order valence-electron chi connectivity index (χ4n) is 1.33. The maximum absolute atomic E-state index is 11.6. The fourth-order valence-corrected chi connectivity index (χ4v) is 1.70. The maximum atomic E-state index is 11.6. The van der Waals surface area contributed by atoms with Crippen LogP contribution in [0.3, 0.4) is 0 Å². The van der Waals surface area contributed by atoms with Crippen LogP contribution in [0.25, 0.3) is 0 Å². The van der Waals surface area contributed by atoms with Crippen molar-refractivity contribution in [1.82, 2.24) is 9.55 Å². The molecule has 0 saturated heterocycles. The van der Waals surface area contributed by atoms with Crippen LogP contribution in [0, 0.1) is 0 Å². The Labute approximate surface area is 120 Å². The van der Waals surface area contributed by atoms with Gasteiger partial charge in [0.25, 0.3) is 0 Å². The van der Waals surface area contributed by atoms with Crippen molar-refractivity contribution in [3.8, 4) is 0 Å². The highest BCUT2D eigenvalue weighted by atomic mass is 31.2. The van der Waals surface area contributed by atoms with Gasteiger partial charge in [-0.05, 0) is 6.07 Å². The molecule has 1 heterocycles. The first-order valence-electron chi connectivity index (χ1n) is 6.04. The van der Waals surface area contributed by atoms with Crippen LogP contribution < -0.4 is 11.0 Å². The van der Waals surface area contributed by atoms with Crippen LogP contribution >= 0.6 is 7.60 Å². The number of nitrogens with one attached hydrogen (secondary N) is 1. The molecular formula is C10H18N3O7P. The molecule has 11 heteroatoms. The largest absolute Gasteiger partial charge is 0.394 e. The van der Waals surface area contributed by atoms with E-state index in [0.717, 1.165) is 0 Å². The molecule has 21 heavy (non-hydrogen) atoms. The Bertz CT molecular complexity index is 544.